The molecule has 2 fully saturated rings. The smallest absolute Gasteiger partial charge is 0.220 e. The van der Waals surface area contributed by atoms with Crippen molar-refractivity contribution in [3.63, 3.8) is 0 Å². The molecule has 8 heteroatoms. The van der Waals surface area contributed by atoms with Crippen molar-refractivity contribution >= 4 is 23.6 Å². The summed E-state index contributed by atoms with van der Waals surface area (Å²) in [6.07, 6.45) is 6.11. The number of fused-ring (bicyclic) bond motifs is 1. The van der Waals surface area contributed by atoms with Gasteiger partial charge in [0.05, 0.1) is 12.7 Å². The zero-order chi connectivity index (χ0) is 17.8. The fraction of sp³-hybridized carbons (Fsp3) is 0.765. The molecule has 3 atom stereocenters. The van der Waals surface area contributed by atoms with Crippen LogP contribution in [0.3, 0.4) is 0 Å². The summed E-state index contributed by atoms with van der Waals surface area (Å²) in [6.45, 7) is 4.51. The lowest BCUT2D eigenvalue weighted by Gasteiger charge is -2.15. The van der Waals surface area contributed by atoms with Gasteiger partial charge in [0, 0.05) is 41.8 Å². The maximum atomic E-state index is 12.0. The van der Waals surface area contributed by atoms with Crippen LogP contribution in [0.2, 0.25) is 0 Å². The Bertz CT molecular complexity index is 618. The predicted octanol–water partition coefficient (Wildman–Crippen LogP) is 1.66. The van der Waals surface area contributed by atoms with Crippen molar-refractivity contribution in [1.29, 1.82) is 0 Å². The van der Waals surface area contributed by atoms with Crippen LogP contribution in [-0.4, -0.2) is 43.9 Å². The number of carbonyl (C=O) groups is 2. The molecule has 0 aliphatic carbocycles. The molecule has 0 spiro atoms. The first kappa shape index (κ1) is 18.2. The molecule has 7 nitrogen and oxygen atoms in total. The summed E-state index contributed by atoms with van der Waals surface area (Å²) in [5.74, 6) is 1.80. The number of aromatic nitrogens is 3. The number of thioether (sulfide) groups is 1. The van der Waals surface area contributed by atoms with E-state index in [2.05, 4.69) is 20.9 Å². The van der Waals surface area contributed by atoms with Gasteiger partial charge in [-0.05, 0) is 26.7 Å². The number of hydrogen-bond donors (Lipinski definition) is 2. The van der Waals surface area contributed by atoms with E-state index in [1.165, 1.54) is 0 Å². The molecule has 2 amide bonds. The van der Waals surface area contributed by atoms with Crippen LogP contribution in [0.5, 0.6) is 0 Å². The molecule has 138 valence electrons. The summed E-state index contributed by atoms with van der Waals surface area (Å²) in [5.41, 5.74) is 0.786. The Labute approximate surface area is 152 Å². The zero-order valence-electron chi connectivity index (χ0n) is 14.9. The standard InChI is InChI=1S/C17H27N5O2S/c1-11(2)22-9-12(20-21-22)8-18-16(23)6-4-3-5-15-13-7-17(24)19-14(13)10-25-15/h9,11,13-15H,3-8,10H2,1-2H3,(H,18,23)(H,19,24)/t13-,14-,15-/m0/s1. The second-order valence-electron chi connectivity index (χ2n) is 7.22. The molecular weight excluding hydrogens is 338 g/mol. The summed E-state index contributed by atoms with van der Waals surface area (Å²) in [6, 6.07) is 0.653. The number of hydrogen-bond acceptors (Lipinski definition) is 5. The lowest BCUT2D eigenvalue weighted by atomic mass is 9.94. The summed E-state index contributed by atoms with van der Waals surface area (Å²) in [7, 11) is 0. The van der Waals surface area contributed by atoms with E-state index >= 15 is 0 Å². The first-order valence-electron chi connectivity index (χ1n) is 9.11. The van der Waals surface area contributed by atoms with E-state index in [1.54, 1.807) is 4.68 Å². The number of nitrogens with zero attached hydrogens (tertiary/aromatic N) is 3. The van der Waals surface area contributed by atoms with Crippen molar-refractivity contribution in [1.82, 2.24) is 25.6 Å². The van der Waals surface area contributed by atoms with Gasteiger partial charge in [-0.2, -0.15) is 11.8 Å². The number of carbonyl (C=O) groups excluding carboxylic acids is 2. The minimum atomic E-state index is 0.0637. The maximum Gasteiger partial charge on any atom is 0.220 e. The molecule has 0 bridgehead atoms. The van der Waals surface area contributed by atoms with Crippen LogP contribution >= 0.6 is 11.8 Å². The van der Waals surface area contributed by atoms with E-state index in [-0.39, 0.29) is 17.9 Å². The van der Waals surface area contributed by atoms with Gasteiger partial charge in [0.25, 0.3) is 0 Å². The van der Waals surface area contributed by atoms with Gasteiger partial charge in [-0.1, -0.05) is 11.6 Å². The molecule has 3 heterocycles. The van der Waals surface area contributed by atoms with E-state index in [9.17, 15) is 9.59 Å². The van der Waals surface area contributed by atoms with Gasteiger partial charge in [-0.25, -0.2) is 4.68 Å². The molecule has 2 saturated heterocycles. The van der Waals surface area contributed by atoms with Crippen molar-refractivity contribution in [2.45, 2.75) is 69.8 Å². The summed E-state index contributed by atoms with van der Waals surface area (Å²) in [5, 5.41) is 14.6. The molecular formula is C17H27N5O2S. The fourth-order valence-electron chi connectivity index (χ4n) is 3.49. The second kappa shape index (κ2) is 8.21. The SMILES string of the molecule is CC(C)n1cc(CNC(=O)CCCC[C@@H]2SC[C@@H]3NC(=O)C[C@@H]32)nn1. The Morgan fingerprint density at radius 3 is 3.08 bits per heavy atom. The third kappa shape index (κ3) is 4.74. The van der Waals surface area contributed by atoms with E-state index in [0.717, 1.165) is 30.7 Å². The summed E-state index contributed by atoms with van der Waals surface area (Å²) < 4.78 is 1.79. The quantitative estimate of drug-likeness (QED) is 0.684. The summed E-state index contributed by atoms with van der Waals surface area (Å²) in [4.78, 5) is 23.4. The van der Waals surface area contributed by atoms with Gasteiger partial charge in [0.1, 0.15) is 5.69 Å². The van der Waals surface area contributed by atoms with Gasteiger partial charge >= 0.3 is 0 Å². The van der Waals surface area contributed by atoms with Crippen molar-refractivity contribution in [2.24, 2.45) is 5.92 Å². The van der Waals surface area contributed by atoms with Gasteiger partial charge in [-0.15, -0.1) is 5.10 Å². The van der Waals surface area contributed by atoms with Crippen LogP contribution in [-0.2, 0) is 16.1 Å². The molecule has 0 unspecified atom stereocenters. The van der Waals surface area contributed by atoms with Crippen molar-refractivity contribution in [2.75, 3.05) is 5.75 Å². The average Bonchev–Trinajstić information content (AvgIpc) is 3.26. The number of amides is 2. The molecule has 0 aromatic carbocycles. The van der Waals surface area contributed by atoms with Crippen LogP contribution in [0.1, 0.15) is 57.7 Å². The third-order valence-electron chi connectivity index (χ3n) is 4.95. The lowest BCUT2D eigenvalue weighted by Crippen LogP contribution is -2.29. The van der Waals surface area contributed by atoms with E-state index in [1.807, 2.05) is 31.8 Å². The molecule has 1 aromatic rings. The van der Waals surface area contributed by atoms with Crippen LogP contribution in [0.25, 0.3) is 0 Å². The highest BCUT2D eigenvalue weighted by Gasteiger charge is 2.42. The highest BCUT2D eigenvalue weighted by Crippen LogP contribution is 2.40. The van der Waals surface area contributed by atoms with Gasteiger partial charge in [0.2, 0.25) is 11.8 Å². The topological polar surface area (TPSA) is 88.9 Å². The van der Waals surface area contributed by atoms with Crippen LogP contribution in [0, 0.1) is 5.92 Å². The zero-order valence-corrected chi connectivity index (χ0v) is 15.7. The van der Waals surface area contributed by atoms with E-state index in [0.29, 0.717) is 36.6 Å². The first-order valence-corrected chi connectivity index (χ1v) is 10.2. The van der Waals surface area contributed by atoms with Gasteiger partial charge in [-0.3, -0.25) is 9.59 Å². The van der Waals surface area contributed by atoms with Crippen LogP contribution in [0.15, 0.2) is 6.20 Å². The molecule has 2 aliphatic heterocycles. The van der Waals surface area contributed by atoms with Crippen molar-refractivity contribution in [3.8, 4) is 0 Å². The molecule has 2 aliphatic rings. The monoisotopic (exact) mass is 365 g/mol. The van der Waals surface area contributed by atoms with Gasteiger partial charge < -0.3 is 10.6 Å². The molecule has 3 rings (SSSR count). The second-order valence-corrected chi connectivity index (χ2v) is 8.49. The fourth-order valence-corrected chi connectivity index (χ4v) is 5.14. The van der Waals surface area contributed by atoms with Crippen LogP contribution in [0.4, 0.5) is 0 Å². The van der Waals surface area contributed by atoms with Gasteiger partial charge in [0.15, 0.2) is 0 Å². The third-order valence-corrected chi connectivity index (χ3v) is 6.51. The molecule has 0 radical (unpaired) electrons. The Morgan fingerprint density at radius 2 is 2.32 bits per heavy atom. The molecule has 1 aromatic heterocycles. The van der Waals surface area contributed by atoms with Crippen molar-refractivity contribution < 1.29 is 9.59 Å². The number of rotatable bonds is 8. The Kier molecular flexibility index (Phi) is 5.98. The highest BCUT2D eigenvalue weighted by molar-refractivity contribution is 8.00. The first-order chi connectivity index (χ1) is 12.0. The number of nitrogens with one attached hydrogen (secondary N) is 2. The normalized spacial score (nSPS) is 25.2. The molecule has 25 heavy (non-hydrogen) atoms. The summed E-state index contributed by atoms with van der Waals surface area (Å²) >= 11 is 1.97. The largest absolute Gasteiger partial charge is 0.352 e. The van der Waals surface area contributed by atoms with E-state index in [4.69, 9.17) is 0 Å². The highest BCUT2D eigenvalue weighted by atomic mass is 32.2. The maximum absolute atomic E-state index is 12.0. The Balaban J connectivity index is 1.30. The minimum absolute atomic E-state index is 0.0637. The Hall–Kier alpha value is -1.57. The minimum Gasteiger partial charge on any atom is -0.352 e. The Morgan fingerprint density at radius 1 is 1.48 bits per heavy atom. The van der Waals surface area contributed by atoms with Crippen molar-refractivity contribution in [3.05, 3.63) is 11.9 Å². The predicted molar refractivity (Wildman–Crippen MR) is 97.0 cm³/mol. The molecule has 0 saturated carbocycles. The molecule has 2 N–H and O–H groups in total. The number of unbranched alkanes of at least 4 members (excludes halogenated alkanes) is 1. The lowest BCUT2D eigenvalue weighted by molar-refractivity contribution is -0.121. The van der Waals surface area contributed by atoms with Crippen LogP contribution < -0.4 is 10.6 Å². The average molecular weight is 366 g/mol. The van der Waals surface area contributed by atoms with E-state index < -0.39 is 0 Å².